The fraction of sp³-hybridized carbons (Fsp3) is 0.464. The first-order chi connectivity index (χ1) is 17.0. The van der Waals surface area contributed by atoms with Gasteiger partial charge in [0.2, 0.25) is 11.8 Å². The SMILES string of the molecule is CN[C@@H](CCCN)C(=O)N[C@H](CCCCc1ccccc1)C(=O)Nc1cnc2c(c1)C=CC(C)C2. The summed E-state index contributed by atoms with van der Waals surface area (Å²) >= 11 is 0. The second-order valence-electron chi connectivity index (χ2n) is 9.35. The van der Waals surface area contributed by atoms with Crippen LogP contribution in [0.1, 0.15) is 55.8 Å². The summed E-state index contributed by atoms with van der Waals surface area (Å²) in [5.41, 5.74) is 9.61. The summed E-state index contributed by atoms with van der Waals surface area (Å²) in [6.45, 7) is 2.68. The molecule has 1 unspecified atom stereocenters. The molecule has 0 fully saturated rings. The lowest BCUT2D eigenvalue weighted by Gasteiger charge is -2.23. The van der Waals surface area contributed by atoms with Crippen LogP contribution in [0.25, 0.3) is 6.08 Å². The number of likely N-dealkylation sites (N-methyl/N-ethyl adjacent to an activating group) is 1. The lowest BCUT2D eigenvalue weighted by molar-refractivity contribution is -0.128. The lowest BCUT2D eigenvalue weighted by Crippen LogP contribution is -2.50. The molecule has 5 N–H and O–H groups in total. The summed E-state index contributed by atoms with van der Waals surface area (Å²) in [4.78, 5) is 30.7. The second kappa shape index (κ2) is 13.8. The predicted molar refractivity (Wildman–Crippen MR) is 142 cm³/mol. The number of nitrogens with two attached hydrogens (primary N) is 1. The van der Waals surface area contributed by atoms with E-state index in [1.165, 1.54) is 5.56 Å². The first-order valence-corrected chi connectivity index (χ1v) is 12.7. The van der Waals surface area contributed by atoms with Crippen LogP contribution in [0.4, 0.5) is 5.69 Å². The monoisotopic (exact) mass is 477 g/mol. The number of carbonyl (C=O) groups excluding carboxylic acids is 2. The van der Waals surface area contributed by atoms with Crippen molar-refractivity contribution in [3.05, 3.63) is 65.5 Å². The molecule has 188 valence electrons. The largest absolute Gasteiger partial charge is 0.343 e. The number of carbonyl (C=O) groups is 2. The molecule has 0 saturated carbocycles. The zero-order valence-corrected chi connectivity index (χ0v) is 20.9. The Balaban J connectivity index is 1.64. The van der Waals surface area contributed by atoms with Crippen LogP contribution in [0.15, 0.2) is 48.7 Å². The Morgan fingerprint density at radius 2 is 1.86 bits per heavy atom. The number of rotatable bonds is 13. The van der Waals surface area contributed by atoms with Crippen molar-refractivity contribution >= 4 is 23.6 Å². The molecule has 0 radical (unpaired) electrons. The molecule has 1 aliphatic rings. The Kier molecular flexibility index (Phi) is 10.4. The van der Waals surface area contributed by atoms with E-state index in [1.807, 2.05) is 24.3 Å². The highest BCUT2D eigenvalue weighted by Crippen LogP contribution is 2.23. The van der Waals surface area contributed by atoms with E-state index in [2.05, 4.69) is 52.1 Å². The maximum Gasteiger partial charge on any atom is 0.246 e. The molecule has 0 bridgehead atoms. The molecule has 7 nitrogen and oxygen atoms in total. The minimum Gasteiger partial charge on any atom is -0.343 e. The summed E-state index contributed by atoms with van der Waals surface area (Å²) < 4.78 is 0. The molecule has 3 atom stereocenters. The highest BCUT2D eigenvalue weighted by molar-refractivity contribution is 5.98. The van der Waals surface area contributed by atoms with E-state index >= 15 is 0 Å². The van der Waals surface area contributed by atoms with Gasteiger partial charge in [0, 0.05) is 5.69 Å². The van der Waals surface area contributed by atoms with Crippen LogP contribution >= 0.6 is 0 Å². The molecule has 35 heavy (non-hydrogen) atoms. The molecule has 3 rings (SSSR count). The molecule has 1 aromatic carbocycles. The highest BCUT2D eigenvalue weighted by Gasteiger charge is 2.25. The Labute approximate surface area is 209 Å². The normalized spacial score (nSPS) is 16.3. The number of amides is 2. The molecule has 1 heterocycles. The third kappa shape index (κ3) is 8.30. The number of aromatic nitrogens is 1. The lowest BCUT2D eigenvalue weighted by atomic mass is 9.95. The van der Waals surface area contributed by atoms with E-state index in [0.717, 1.165) is 43.4 Å². The number of nitrogens with zero attached hydrogens (tertiary/aromatic N) is 1. The maximum absolute atomic E-state index is 13.2. The van der Waals surface area contributed by atoms with E-state index in [0.29, 0.717) is 31.0 Å². The Hall–Kier alpha value is -3.03. The van der Waals surface area contributed by atoms with Gasteiger partial charge in [0.15, 0.2) is 0 Å². The number of anilines is 1. The van der Waals surface area contributed by atoms with E-state index in [4.69, 9.17) is 5.73 Å². The number of nitrogens with one attached hydrogen (secondary N) is 3. The molecule has 0 saturated heterocycles. The van der Waals surface area contributed by atoms with Gasteiger partial charge in [-0.1, -0.05) is 55.8 Å². The van der Waals surface area contributed by atoms with Crippen LogP contribution in [0, 0.1) is 5.92 Å². The third-order valence-corrected chi connectivity index (χ3v) is 6.44. The van der Waals surface area contributed by atoms with Gasteiger partial charge in [-0.2, -0.15) is 0 Å². The van der Waals surface area contributed by atoms with Gasteiger partial charge < -0.3 is 21.7 Å². The molecular weight excluding hydrogens is 438 g/mol. The number of pyridine rings is 1. The van der Waals surface area contributed by atoms with Crippen molar-refractivity contribution in [1.82, 2.24) is 15.6 Å². The molecular formula is C28H39N5O2. The smallest absolute Gasteiger partial charge is 0.246 e. The van der Waals surface area contributed by atoms with Crippen LogP contribution in [0.3, 0.4) is 0 Å². The highest BCUT2D eigenvalue weighted by atomic mass is 16.2. The van der Waals surface area contributed by atoms with Gasteiger partial charge in [0.25, 0.3) is 0 Å². The number of unbranched alkanes of at least 4 members (excludes halogenated alkanes) is 1. The van der Waals surface area contributed by atoms with Gasteiger partial charge in [-0.3, -0.25) is 14.6 Å². The van der Waals surface area contributed by atoms with Gasteiger partial charge >= 0.3 is 0 Å². The Morgan fingerprint density at radius 3 is 2.60 bits per heavy atom. The molecule has 0 spiro atoms. The van der Waals surface area contributed by atoms with Crippen molar-refractivity contribution in [3.63, 3.8) is 0 Å². The topological polar surface area (TPSA) is 109 Å². The van der Waals surface area contributed by atoms with Crippen LogP contribution in [0.2, 0.25) is 0 Å². The van der Waals surface area contributed by atoms with Crippen molar-refractivity contribution in [1.29, 1.82) is 0 Å². The Bertz CT molecular complexity index is 992. The average molecular weight is 478 g/mol. The zero-order valence-electron chi connectivity index (χ0n) is 20.9. The zero-order chi connectivity index (χ0) is 25.0. The van der Waals surface area contributed by atoms with Gasteiger partial charge in [-0.25, -0.2) is 0 Å². The Morgan fingerprint density at radius 1 is 1.09 bits per heavy atom. The van der Waals surface area contributed by atoms with Gasteiger partial charge in [-0.05, 0) is 75.2 Å². The fourth-order valence-corrected chi connectivity index (χ4v) is 4.36. The molecule has 2 amide bonds. The molecule has 7 heteroatoms. The molecule has 2 aromatic rings. The van der Waals surface area contributed by atoms with Crippen molar-refractivity contribution in [2.24, 2.45) is 11.7 Å². The standard InChI is InChI=1S/C28H39N5O2/c1-20-14-15-22-18-23(19-31-26(22)17-20)32-28(35)25(33-27(34)24(30-2)13-8-16-29)12-7-6-11-21-9-4-3-5-10-21/h3-5,9-10,14-15,18-20,24-25,30H,6-8,11-13,16-17,29H2,1-2H3,(H,32,35)(H,33,34)/t20?,24-,25+/m0/s1. The minimum atomic E-state index is -0.626. The number of hydrogen-bond acceptors (Lipinski definition) is 5. The summed E-state index contributed by atoms with van der Waals surface area (Å²) in [6.07, 6.45) is 11.4. The van der Waals surface area contributed by atoms with Crippen molar-refractivity contribution in [2.45, 2.75) is 64.0 Å². The van der Waals surface area contributed by atoms with Gasteiger partial charge in [0.05, 0.1) is 17.9 Å². The van der Waals surface area contributed by atoms with Gasteiger partial charge in [0.1, 0.15) is 6.04 Å². The first kappa shape index (κ1) is 26.6. The third-order valence-electron chi connectivity index (χ3n) is 6.44. The summed E-state index contributed by atoms with van der Waals surface area (Å²) in [5, 5.41) is 8.99. The van der Waals surface area contributed by atoms with Crippen LogP contribution in [0.5, 0.6) is 0 Å². The van der Waals surface area contributed by atoms with Crippen molar-refractivity contribution in [3.8, 4) is 0 Å². The number of benzene rings is 1. The minimum absolute atomic E-state index is 0.176. The summed E-state index contributed by atoms with van der Waals surface area (Å²) in [5.74, 6) is 0.0663. The quantitative estimate of drug-likeness (QED) is 0.331. The van der Waals surface area contributed by atoms with E-state index in [-0.39, 0.29) is 17.9 Å². The van der Waals surface area contributed by atoms with Crippen molar-refractivity contribution < 1.29 is 9.59 Å². The summed E-state index contributed by atoms with van der Waals surface area (Å²) in [6, 6.07) is 11.2. The molecule has 0 aliphatic heterocycles. The van der Waals surface area contributed by atoms with Crippen LogP contribution < -0.4 is 21.7 Å². The van der Waals surface area contributed by atoms with Crippen LogP contribution in [-0.4, -0.2) is 42.5 Å². The number of hydrogen-bond donors (Lipinski definition) is 4. The fourth-order valence-electron chi connectivity index (χ4n) is 4.36. The number of fused-ring (bicyclic) bond motifs is 1. The second-order valence-corrected chi connectivity index (χ2v) is 9.35. The molecule has 1 aliphatic carbocycles. The number of allylic oxidation sites excluding steroid dienone is 1. The van der Waals surface area contributed by atoms with Crippen molar-refractivity contribution in [2.75, 3.05) is 18.9 Å². The molecule has 1 aromatic heterocycles. The van der Waals surface area contributed by atoms with E-state index < -0.39 is 6.04 Å². The van der Waals surface area contributed by atoms with E-state index in [1.54, 1.807) is 13.2 Å². The first-order valence-electron chi connectivity index (χ1n) is 12.7. The van der Waals surface area contributed by atoms with Crippen LogP contribution in [-0.2, 0) is 22.4 Å². The predicted octanol–water partition coefficient (Wildman–Crippen LogP) is 3.45. The average Bonchev–Trinajstić information content (AvgIpc) is 2.87. The number of aryl methyl sites for hydroxylation is 1. The summed E-state index contributed by atoms with van der Waals surface area (Å²) in [7, 11) is 1.75. The van der Waals surface area contributed by atoms with E-state index in [9.17, 15) is 9.59 Å². The van der Waals surface area contributed by atoms with Gasteiger partial charge in [-0.15, -0.1) is 0 Å². The maximum atomic E-state index is 13.2.